The molecular formula is C27H30N2O6. The van der Waals surface area contributed by atoms with Crippen LogP contribution in [0, 0.1) is 11.3 Å². The first-order valence-electron chi connectivity index (χ1n) is 12.1. The van der Waals surface area contributed by atoms with Gasteiger partial charge in [-0.05, 0) is 46.9 Å². The molecule has 2 unspecified atom stereocenters. The minimum absolute atomic E-state index is 0.0302. The molecule has 0 aromatic heterocycles. The molecule has 3 aliphatic rings. The van der Waals surface area contributed by atoms with Gasteiger partial charge in [0.05, 0.1) is 12.5 Å². The molecule has 35 heavy (non-hydrogen) atoms. The highest BCUT2D eigenvalue weighted by atomic mass is 16.5. The van der Waals surface area contributed by atoms with Gasteiger partial charge in [-0.15, -0.1) is 0 Å². The summed E-state index contributed by atoms with van der Waals surface area (Å²) in [6.45, 7) is 1.16. The van der Waals surface area contributed by atoms with E-state index in [0.29, 0.717) is 32.4 Å². The third-order valence-electron chi connectivity index (χ3n) is 7.83. The van der Waals surface area contributed by atoms with Crippen molar-refractivity contribution in [3.63, 3.8) is 0 Å². The molecule has 0 radical (unpaired) electrons. The standard InChI is InChI=1S/C27H30N2O6/c1-34-16-23(24(30)29-12-10-27(11-13-29)14-22(27)25(31)32)28-26(33)35-15-21-19-8-4-2-6-17(19)18-7-3-5-9-20(18)21/h2-9,21-23H,10-16H2,1H3,(H,28,33)(H,31,32). The number of methoxy groups -OCH3 is 1. The van der Waals surface area contributed by atoms with Crippen LogP contribution in [0.25, 0.3) is 11.1 Å². The van der Waals surface area contributed by atoms with Gasteiger partial charge in [-0.1, -0.05) is 48.5 Å². The summed E-state index contributed by atoms with van der Waals surface area (Å²) in [5, 5.41) is 12.0. The number of carboxylic acids is 1. The number of nitrogens with one attached hydrogen (secondary N) is 1. The van der Waals surface area contributed by atoms with E-state index in [1.54, 1.807) is 4.90 Å². The average molecular weight is 479 g/mol. The van der Waals surface area contributed by atoms with E-state index in [4.69, 9.17) is 9.47 Å². The Morgan fingerprint density at radius 3 is 2.20 bits per heavy atom. The van der Waals surface area contributed by atoms with Crippen LogP contribution in [-0.4, -0.2) is 67.4 Å². The van der Waals surface area contributed by atoms with Crippen molar-refractivity contribution in [2.75, 3.05) is 33.4 Å². The van der Waals surface area contributed by atoms with Crippen LogP contribution < -0.4 is 5.32 Å². The number of rotatable bonds is 7. The van der Waals surface area contributed by atoms with Crippen LogP contribution in [0.3, 0.4) is 0 Å². The molecule has 0 bridgehead atoms. The number of fused-ring (bicyclic) bond motifs is 3. The number of aliphatic carboxylic acids is 1. The summed E-state index contributed by atoms with van der Waals surface area (Å²) in [6.07, 6.45) is 1.36. The second-order valence-electron chi connectivity index (χ2n) is 9.76. The van der Waals surface area contributed by atoms with Crippen LogP contribution in [-0.2, 0) is 19.1 Å². The highest BCUT2D eigenvalue weighted by Gasteiger charge is 2.59. The van der Waals surface area contributed by atoms with Crippen molar-refractivity contribution in [1.29, 1.82) is 0 Å². The lowest BCUT2D eigenvalue weighted by atomic mass is 9.90. The molecule has 2 aromatic rings. The van der Waals surface area contributed by atoms with Gasteiger partial charge < -0.3 is 24.8 Å². The van der Waals surface area contributed by atoms with E-state index >= 15 is 0 Å². The largest absolute Gasteiger partial charge is 0.481 e. The molecule has 5 rings (SSSR count). The minimum atomic E-state index is -0.862. The number of hydrogen-bond donors (Lipinski definition) is 2. The predicted octanol–water partition coefficient (Wildman–Crippen LogP) is 3.25. The predicted molar refractivity (Wildman–Crippen MR) is 128 cm³/mol. The molecule has 1 saturated heterocycles. The number of likely N-dealkylation sites (tertiary alicyclic amines) is 1. The molecular weight excluding hydrogens is 448 g/mol. The summed E-state index contributed by atoms with van der Waals surface area (Å²) in [5.74, 6) is -1.35. The first kappa shape index (κ1) is 23.4. The maximum Gasteiger partial charge on any atom is 0.407 e. The highest BCUT2D eigenvalue weighted by Crippen LogP contribution is 2.59. The highest BCUT2D eigenvalue weighted by molar-refractivity contribution is 5.86. The van der Waals surface area contributed by atoms with E-state index in [9.17, 15) is 19.5 Å². The van der Waals surface area contributed by atoms with Gasteiger partial charge in [0.25, 0.3) is 0 Å². The van der Waals surface area contributed by atoms with Crippen LogP contribution in [0.1, 0.15) is 36.3 Å². The third kappa shape index (κ3) is 4.38. The maximum atomic E-state index is 13.1. The van der Waals surface area contributed by atoms with Crippen LogP contribution in [0.15, 0.2) is 48.5 Å². The van der Waals surface area contributed by atoms with E-state index in [1.165, 1.54) is 7.11 Å². The molecule has 8 heteroatoms. The number of carbonyl (C=O) groups excluding carboxylic acids is 2. The molecule has 1 aliphatic heterocycles. The number of piperidine rings is 1. The van der Waals surface area contributed by atoms with Crippen molar-refractivity contribution in [3.05, 3.63) is 59.7 Å². The molecule has 2 fully saturated rings. The van der Waals surface area contributed by atoms with Gasteiger partial charge >= 0.3 is 12.1 Å². The molecule has 2 amide bonds. The second-order valence-corrected chi connectivity index (χ2v) is 9.76. The van der Waals surface area contributed by atoms with Gasteiger partial charge in [0.1, 0.15) is 12.6 Å². The van der Waals surface area contributed by atoms with Crippen molar-refractivity contribution in [3.8, 4) is 11.1 Å². The van der Waals surface area contributed by atoms with Gasteiger partial charge in [0.15, 0.2) is 0 Å². The van der Waals surface area contributed by atoms with Gasteiger partial charge in [0, 0.05) is 26.1 Å². The van der Waals surface area contributed by atoms with E-state index < -0.39 is 18.1 Å². The number of alkyl carbamates (subject to hydrolysis) is 1. The molecule has 8 nitrogen and oxygen atoms in total. The lowest BCUT2D eigenvalue weighted by Crippen LogP contribution is -2.53. The van der Waals surface area contributed by atoms with Crippen molar-refractivity contribution >= 4 is 18.0 Å². The number of hydrogen-bond acceptors (Lipinski definition) is 5. The number of amides is 2. The Morgan fingerprint density at radius 1 is 1.06 bits per heavy atom. The van der Waals surface area contributed by atoms with Crippen molar-refractivity contribution in [2.24, 2.45) is 11.3 Å². The number of nitrogens with zero attached hydrogens (tertiary/aromatic N) is 1. The van der Waals surface area contributed by atoms with Crippen LogP contribution in [0.4, 0.5) is 4.79 Å². The van der Waals surface area contributed by atoms with Crippen LogP contribution in [0.2, 0.25) is 0 Å². The fourth-order valence-corrected chi connectivity index (χ4v) is 5.77. The lowest BCUT2D eigenvalue weighted by molar-refractivity contribution is -0.140. The molecule has 1 spiro atoms. The lowest BCUT2D eigenvalue weighted by Gasteiger charge is -2.34. The zero-order valence-electron chi connectivity index (χ0n) is 19.7. The minimum Gasteiger partial charge on any atom is -0.481 e. The SMILES string of the molecule is COCC(NC(=O)OCC1c2ccccc2-c2ccccc21)C(=O)N1CCC2(CC1)CC2C(=O)O. The van der Waals surface area contributed by atoms with Gasteiger partial charge in [0.2, 0.25) is 5.91 Å². The van der Waals surface area contributed by atoms with Crippen molar-refractivity contribution in [1.82, 2.24) is 10.2 Å². The van der Waals surface area contributed by atoms with Crippen LogP contribution >= 0.6 is 0 Å². The quantitative estimate of drug-likeness (QED) is 0.633. The number of carbonyl (C=O) groups is 3. The topological polar surface area (TPSA) is 105 Å². The fraction of sp³-hybridized carbons (Fsp3) is 0.444. The number of benzene rings is 2. The first-order valence-corrected chi connectivity index (χ1v) is 12.1. The zero-order valence-corrected chi connectivity index (χ0v) is 19.7. The molecule has 184 valence electrons. The number of carboxylic acid groups (broad SMARTS) is 1. The van der Waals surface area contributed by atoms with Gasteiger partial charge in [-0.2, -0.15) is 0 Å². The summed E-state index contributed by atoms with van der Waals surface area (Å²) >= 11 is 0. The van der Waals surface area contributed by atoms with E-state index in [0.717, 1.165) is 22.3 Å². The summed E-state index contributed by atoms with van der Waals surface area (Å²) in [7, 11) is 1.48. The van der Waals surface area contributed by atoms with Gasteiger partial charge in [-0.3, -0.25) is 9.59 Å². The Balaban J connectivity index is 1.19. The summed E-state index contributed by atoms with van der Waals surface area (Å²) in [5.41, 5.74) is 4.36. The molecule has 2 aliphatic carbocycles. The summed E-state index contributed by atoms with van der Waals surface area (Å²) in [6, 6.07) is 15.4. The van der Waals surface area contributed by atoms with Crippen molar-refractivity contribution < 1.29 is 29.0 Å². The molecule has 2 N–H and O–H groups in total. The third-order valence-corrected chi connectivity index (χ3v) is 7.83. The monoisotopic (exact) mass is 478 g/mol. The second kappa shape index (κ2) is 9.34. The molecule has 2 atom stereocenters. The van der Waals surface area contributed by atoms with Crippen molar-refractivity contribution in [2.45, 2.75) is 31.2 Å². The number of ether oxygens (including phenoxy) is 2. The average Bonchev–Trinajstić information content (AvgIpc) is 3.48. The Hall–Kier alpha value is -3.39. The smallest absolute Gasteiger partial charge is 0.407 e. The fourth-order valence-electron chi connectivity index (χ4n) is 5.77. The van der Waals surface area contributed by atoms with Gasteiger partial charge in [-0.25, -0.2) is 4.79 Å². The Kier molecular flexibility index (Phi) is 6.23. The Labute approximate surface area is 204 Å². The molecule has 1 saturated carbocycles. The van der Waals surface area contributed by atoms with E-state index in [2.05, 4.69) is 29.6 Å². The first-order chi connectivity index (χ1) is 16.9. The Bertz CT molecular complexity index is 1090. The van der Waals surface area contributed by atoms with Crippen LogP contribution in [0.5, 0.6) is 0 Å². The molecule has 1 heterocycles. The zero-order chi connectivity index (χ0) is 24.6. The van der Waals surface area contributed by atoms with E-state index in [-0.39, 0.29) is 36.4 Å². The van der Waals surface area contributed by atoms with E-state index in [1.807, 2.05) is 24.3 Å². The maximum absolute atomic E-state index is 13.1. The normalized spacial score (nSPS) is 20.6. The summed E-state index contributed by atoms with van der Waals surface area (Å²) < 4.78 is 10.8. The summed E-state index contributed by atoms with van der Waals surface area (Å²) in [4.78, 5) is 38.8. The Morgan fingerprint density at radius 2 is 1.66 bits per heavy atom. The molecule has 2 aromatic carbocycles.